The molecule has 0 aliphatic carbocycles. The molecule has 3 aromatic carbocycles. The minimum Gasteiger partial charge on any atom is -0.348 e. The molecule has 0 radical (unpaired) electrons. The maximum absolute atomic E-state index is 15.3. The van der Waals surface area contributed by atoms with Crippen LogP contribution in [0.2, 0.25) is 0 Å². The number of carbonyl (C=O) groups is 4. The fourth-order valence-corrected chi connectivity index (χ4v) is 4.51. The molecule has 1 saturated heterocycles. The van der Waals surface area contributed by atoms with Crippen molar-refractivity contribution in [3.63, 3.8) is 0 Å². The molecule has 0 aromatic heterocycles. The summed E-state index contributed by atoms with van der Waals surface area (Å²) in [6.45, 7) is -0.111. The minimum absolute atomic E-state index is 0.0506. The number of imide groups is 1. The van der Waals surface area contributed by atoms with Crippen molar-refractivity contribution in [2.45, 2.75) is 32.0 Å². The topological polar surface area (TPSA) is 95.6 Å². The molecule has 4 amide bonds. The fourth-order valence-electron chi connectivity index (χ4n) is 4.51. The summed E-state index contributed by atoms with van der Waals surface area (Å²) >= 11 is 0. The van der Waals surface area contributed by atoms with Gasteiger partial charge in [0.25, 0.3) is 11.8 Å². The Morgan fingerprint density at radius 2 is 1.69 bits per heavy atom. The van der Waals surface area contributed by atoms with Gasteiger partial charge in [0.15, 0.2) is 0 Å². The van der Waals surface area contributed by atoms with Crippen molar-refractivity contribution in [3.8, 4) is 11.1 Å². The monoisotopic (exact) mass is 471 g/mol. The first kappa shape index (κ1) is 22.5. The van der Waals surface area contributed by atoms with E-state index in [1.54, 1.807) is 12.1 Å². The largest absolute Gasteiger partial charge is 0.348 e. The van der Waals surface area contributed by atoms with Gasteiger partial charge in [-0.25, -0.2) is 4.39 Å². The van der Waals surface area contributed by atoms with Gasteiger partial charge >= 0.3 is 0 Å². The van der Waals surface area contributed by atoms with Crippen LogP contribution < -0.4 is 10.6 Å². The van der Waals surface area contributed by atoms with Crippen molar-refractivity contribution in [2.75, 3.05) is 0 Å². The molecule has 2 N–H and O–H groups in total. The summed E-state index contributed by atoms with van der Waals surface area (Å²) in [6.07, 6.45) is 0.334. The zero-order valence-electron chi connectivity index (χ0n) is 18.7. The second kappa shape index (κ2) is 9.13. The summed E-state index contributed by atoms with van der Waals surface area (Å²) in [5.41, 5.74) is 3.11. The number of nitrogens with one attached hydrogen (secondary N) is 2. The van der Waals surface area contributed by atoms with Crippen LogP contribution in [-0.4, -0.2) is 34.6 Å². The molecule has 0 saturated carbocycles. The first-order valence-electron chi connectivity index (χ1n) is 11.3. The van der Waals surface area contributed by atoms with E-state index in [2.05, 4.69) is 10.6 Å². The highest BCUT2D eigenvalue weighted by Gasteiger charge is 2.40. The molecule has 3 aromatic rings. The summed E-state index contributed by atoms with van der Waals surface area (Å²) in [4.78, 5) is 50.3. The average Bonchev–Trinajstić information content (AvgIpc) is 3.21. The van der Waals surface area contributed by atoms with Crippen molar-refractivity contribution >= 4 is 23.6 Å². The van der Waals surface area contributed by atoms with E-state index >= 15 is 4.39 Å². The van der Waals surface area contributed by atoms with Gasteiger partial charge in [-0.3, -0.25) is 24.5 Å². The third-order valence-corrected chi connectivity index (χ3v) is 6.42. The number of benzene rings is 3. The van der Waals surface area contributed by atoms with Gasteiger partial charge in [-0.1, -0.05) is 48.5 Å². The smallest absolute Gasteiger partial charge is 0.255 e. The quantitative estimate of drug-likeness (QED) is 0.559. The predicted octanol–water partition coefficient (Wildman–Crippen LogP) is 3.18. The first-order chi connectivity index (χ1) is 16.9. The van der Waals surface area contributed by atoms with E-state index < -0.39 is 23.7 Å². The lowest BCUT2D eigenvalue weighted by atomic mass is 10.0. The first-order valence-corrected chi connectivity index (χ1v) is 11.3. The third-order valence-electron chi connectivity index (χ3n) is 6.42. The highest BCUT2D eigenvalue weighted by molar-refractivity contribution is 6.05. The summed E-state index contributed by atoms with van der Waals surface area (Å²) in [5, 5.41) is 4.95. The predicted molar refractivity (Wildman–Crippen MR) is 125 cm³/mol. The number of rotatable bonds is 5. The summed E-state index contributed by atoms with van der Waals surface area (Å²) in [5.74, 6) is -2.29. The molecule has 0 bridgehead atoms. The maximum Gasteiger partial charge on any atom is 0.255 e. The fraction of sp³-hybridized carbons (Fsp3) is 0.185. The van der Waals surface area contributed by atoms with Gasteiger partial charge in [-0.15, -0.1) is 0 Å². The lowest BCUT2D eigenvalue weighted by Gasteiger charge is -2.29. The standard InChI is InChI=1S/C27H22FN3O4/c28-24-19(14-29-25(33)18-8-6-17(7-9-18)16-4-2-1-3-5-16)10-11-20-21(24)15-31(27(20)35)22-12-13-23(32)30-26(22)34/h1-11,22H,12-15H2,(H,29,33)(H,30,32,34). The maximum atomic E-state index is 15.3. The van der Waals surface area contributed by atoms with Gasteiger partial charge in [0.1, 0.15) is 11.9 Å². The second-order valence-electron chi connectivity index (χ2n) is 8.59. The normalized spacial score (nSPS) is 17.2. The zero-order chi connectivity index (χ0) is 24.5. The Hall–Kier alpha value is -4.33. The molecular formula is C27H22FN3O4. The summed E-state index contributed by atoms with van der Waals surface area (Å²) in [7, 11) is 0. The number of amides is 4. The average molecular weight is 471 g/mol. The molecule has 1 atom stereocenters. The number of halogens is 1. The molecule has 176 valence electrons. The van der Waals surface area contributed by atoms with Crippen LogP contribution in [0.3, 0.4) is 0 Å². The number of piperidine rings is 1. The lowest BCUT2D eigenvalue weighted by molar-refractivity contribution is -0.136. The van der Waals surface area contributed by atoms with E-state index in [1.807, 2.05) is 42.5 Å². The van der Waals surface area contributed by atoms with E-state index in [0.29, 0.717) is 5.56 Å². The van der Waals surface area contributed by atoms with Crippen molar-refractivity contribution in [1.29, 1.82) is 0 Å². The van der Waals surface area contributed by atoms with E-state index in [0.717, 1.165) is 11.1 Å². The van der Waals surface area contributed by atoms with Crippen LogP contribution >= 0.6 is 0 Å². The molecule has 2 heterocycles. The van der Waals surface area contributed by atoms with Crippen LogP contribution in [0, 0.1) is 5.82 Å². The van der Waals surface area contributed by atoms with Crippen molar-refractivity contribution in [1.82, 2.24) is 15.5 Å². The molecular weight excluding hydrogens is 449 g/mol. The lowest BCUT2D eigenvalue weighted by Crippen LogP contribution is -2.52. The highest BCUT2D eigenvalue weighted by Crippen LogP contribution is 2.30. The Morgan fingerprint density at radius 1 is 0.971 bits per heavy atom. The van der Waals surface area contributed by atoms with Gasteiger partial charge in [0.05, 0.1) is 6.54 Å². The minimum atomic E-state index is -0.811. The Balaban J connectivity index is 1.26. The Kier molecular flexibility index (Phi) is 5.86. The van der Waals surface area contributed by atoms with Crippen LogP contribution in [-0.2, 0) is 22.7 Å². The van der Waals surface area contributed by atoms with Crippen LogP contribution in [0.1, 0.15) is 44.7 Å². The summed E-state index contributed by atoms with van der Waals surface area (Å²) < 4.78 is 15.3. The van der Waals surface area contributed by atoms with Crippen molar-refractivity contribution < 1.29 is 23.6 Å². The summed E-state index contributed by atoms with van der Waals surface area (Å²) in [6, 6.07) is 19.1. The van der Waals surface area contributed by atoms with E-state index in [1.165, 1.54) is 17.0 Å². The molecule has 5 rings (SSSR count). The molecule has 1 unspecified atom stereocenters. The number of fused-ring (bicyclic) bond motifs is 1. The van der Waals surface area contributed by atoms with Crippen LogP contribution in [0.5, 0.6) is 0 Å². The molecule has 0 spiro atoms. The number of hydrogen-bond acceptors (Lipinski definition) is 4. The Morgan fingerprint density at radius 3 is 2.40 bits per heavy atom. The molecule has 1 fully saturated rings. The number of carbonyl (C=O) groups excluding carboxylic acids is 4. The van der Waals surface area contributed by atoms with Gasteiger partial charge in [0, 0.05) is 35.2 Å². The van der Waals surface area contributed by atoms with Crippen molar-refractivity contribution in [3.05, 3.63) is 94.8 Å². The molecule has 35 heavy (non-hydrogen) atoms. The van der Waals surface area contributed by atoms with E-state index in [4.69, 9.17) is 0 Å². The Bertz CT molecular complexity index is 1340. The van der Waals surface area contributed by atoms with E-state index in [-0.39, 0.29) is 54.4 Å². The molecule has 2 aliphatic rings. The van der Waals surface area contributed by atoms with Gasteiger partial charge < -0.3 is 10.2 Å². The number of hydrogen-bond donors (Lipinski definition) is 2. The number of nitrogens with zero attached hydrogens (tertiary/aromatic N) is 1. The van der Waals surface area contributed by atoms with Crippen LogP contribution in [0.15, 0.2) is 66.7 Å². The zero-order valence-corrected chi connectivity index (χ0v) is 18.7. The highest BCUT2D eigenvalue weighted by atomic mass is 19.1. The van der Waals surface area contributed by atoms with Gasteiger partial charge in [-0.2, -0.15) is 0 Å². The second-order valence-corrected chi connectivity index (χ2v) is 8.59. The van der Waals surface area contributed by atoms with Crippen LogP contribution in [0.25, 0.3) is 11.1 Å². The van der Waals surface area contributed by atoms with E-state index in [9.17, 15) is 19.2 Å². The Labute approximate surface area is 200 Å². The third kappa shape index (κ3) is 4.30. The van der Waals surface area contributed by atoms with Crippen molar-refractivity contribution in [2.24, 2.45) is 0 Å². The molecule has 8 heteroatoms. The van der Waals surface area contributed by atoms with Gasteiger partial charge in [0.2, 0.25) is 11.8 Å². The van der Waals surface area contributed by atoms with Gasteiger partial charge in [-0.05, 0) is 35.7 Å². The van der Waals surface area contributed by atoms with Crippen LogP contribution in [0.4, 0.5) is 4.39 Å². The molecule has 7 nitrogen and oxygen atoms in total. The SMILES string of the molecule is O=C1CCC(N2Cc3c(ccc(CNC(=O)c4ccc(-c5ccccc5)cc4)c3F)C2=O)C(=O)N1. The molecule has 2 aliphatic heterocycles.